The zero-order valence-electron chi connectivity index (χ0n) is 13.9. The summed E-state index contributed by atoms with van der Waals surface area (Å²) in [5.41, 5.74) is 4.76. The molecule has 0 aromatic carbocycles. The van der Waals surface area contributed by atoms with Gasteiger partial charge in [-0.1, -0.05) is 6.92 Å². The number of carbonyl (C=O) groups excluding carboxylic acids is 2. The van der Waals surface area contributed by atoms with Gasteiger partial charge in [-0.15, -0.1) is 11.3 Å². The summed E-state index contributed by atoms with van der Waals surface area (Å²) in [4.78, 5) is 26.4. The normalized spacial score (nSPS) is 15.9. The summed E-state index contributed by atoms with van der Waals surface area (Å²) >= 11 is 4.61. The van der Waals surface area contributed by atoms with Crippen LogP contribution < -0.4 is 16.2 Å². The van der Waals surface area contributed by atoms with Gasteiger partial charge in [0.1, 0.15) is 0 Å². The Hall–Kier alpha value is -1.12. The van der Waals surface area contributed by atoms with Crippen molar-refractivity contribution in [3.63, 3.8) is 0 Å². The number of amides is 3. The smallest absolute Gasteiger partial charge is 0.333 e. The second kappa shape index (κ2) is 10.0. The molecular formula is C16H25BrN4O2S. The lowest BCUT2D eigenvalue weighted by Crippen LogP contribution is -2.47. The van der Waals surface area contributed by atoms with Crippen LogP contribution in [0, 0.1) is 5.92 Å². The van der Waals surface area contributed by atoms with Crippen LogP contribution in [0.25, 0.3) is 0 Å². The molecule has 0 saturated carbocycles. The highest BCUT2D eigenvalue weighted by atomic mass is 79.9. The van der Waals surface area contributed by atoms with Crippen molar-refractivity contribution >= 4 is 39.2 Å². The minimum atomic E-state index is -0.384. The van der Waals surface area contributed by atoms with Crippen LogP contribution in [-0.2, 0) is 0 Å². The van der Waals surface area contributed by atoms with Crippen molar-refractivity contribution in [2.24, 2.45) is 5.92 Å². The first-order chi connectivity index (χ1) is 11.5. The van der Waals surface area contributed by atoms with E-state index in [0.29, 0.717) is 11.4 Å². The first-order valence-corrected chi connectivity index (χ1v) is 9.97. The molecule has 1 fully saturated rings. The Balaban J connectivity index is 1.50. The van der Waals surface area contributed by atoms with Gasteiger partial charge in [-0.05, 0) is 79.3 Å². The molecule has 134 valence electrons. The summed E-state index contributed by atoms with van der Waals surface area (Å²) in [6.45, 7) is 6.41. The van der Waals surface area contributed by atoms with Gasteiger partial charge in [0.25, 0.3) is 5.91 Å². The van der Waals surface area contributed by atoms with Crippen molar-refractivity contribution in [1.29, 1.82) is 0 Å². The molecule has 0 atom stereocenters. The van der Waals surface area contributed by atoms with Crippen molar-refractivity contribution in [3.8, 4) is 0 Å². The second-order valence-corrected chi connectivity index (χ2v) is 8.63. The number of thiophene rings is 1. The SMILES string of the molecule is CC1CCN(CCCCNC(=O)NNC(=O)c2ccc(Br)s2)CC1. The van der Waals surface area contributed by atoms with Gasteiger partial charge in [-0.2, -0.15) is 0 Å². The Kier molecular flexibility index (Phi) is 8.01. The Morgan fingerprint density at radius 1 is 1.25 bits per heavy atom. The van der Waals surface area contributed by atoms with Gasteiger partial charge >= 0.3 is 6.03 Å². The fourth-order valence-corrected chi connectivity index (χ4v) is 3.88. The molecule has 0 unspecified atom stereocenters. The number of hydrogen-bond acceptors (Lipinski definition) is 4. The van der Waals surface area contributed by atoms with E-state index in [1.54, 1.807) is 12.1 Å². The highest BCUT2D eigenvalue weighted by Crippen LogP contribution is 2.21. The minimum absolute atomic E-state index is 0.319. The van der Waals surface area contributed by atoms with Crippen LogP contribution in [0.3, 0.4) is 0 Å². The molecule has 0 bridgehead atoms. The van der Waals surface area contributed by atoms with E-state index in [2.05, 4.69) is 43.9 Å². The molecule has 2 heterocycles. The summed E-state index contributed by atoms with van der Waals surface area (Å²) in [5.74, 6) is 0.539. The number of rotatable bonds is 6. The van der Waals surface area contributed by atoms with E-state index < -0.39 is 0 Å². The van der Waals surface area contributed by atoms with E-state index in [0.717, 1.165) is 29.1 Å². The largest absolute Gasteiger partial charge is 0.337 e. The molecule has 0 spiro atoms. The molecule has 0 radical (unpaired) electrons. The lowest BCUT2D eigenvalue weighted by atomic mass is 9.99. The van der Waals surface area contributed by atoms with Gasteiger partial charge in [0.05, 0.1) is 8.66 Å². The maximum absolute atomic E-state index is 11.8. The first kappa shape index (κ1) is 19.2. The monoisotopic (exact) mass is 416 g/mol. The third kappa shape index (κ3) is 6.78. The van der Waals surface area contributed by atoms with E-state index in [4.69, 9.17) is 0 Å². The minimum Gasteiger partial charge on any atom is -0.337 e. The summed E-state index contributed by atoms with van der Waals surface area (Å²) in [5, 5.41) is 2.75. The number of likely N-dealkylation sites (tertiary alicyclic amines) is 1. The molecule has 1 aliphatic rings. The molecular weight excluding hydrogens is 392 g/mol. The number of nitrogens with zero attached hydrogens (tertiary/aromatic N) is 1. The summed E-state index contributed by atoms with van der Waals surface area (Å²) < 4.78 is 0.875. The Bertz CT molecular complexity index is 544. The van der Waals surface area contributed by atoms with Crippen molar-refractivity contribution in [3.05, 3.63) is 20.8 Å². The molecule has 1 aromatic heterocycles. The number of halogens is 1. The van der Waals surface area contributed by atoms with E-state index in [1.807, 2.05) is 0 Å². The number of hydrogen-bond donors (Lipinski definition) is 3. The van der Waals surface area contributed by atoms with Crippen molar-refractivity contribution in [1.82, 2.24) is 21.1 Å². The number of piperidine rings is 1. The third-order valence-corrected chi connectivity index (χ3v) is 5.77. The standard InChI is InChI=1S/C16H25BrN4O2S/c1-12-6-10-21(11-7-12)9-3-2-8-18-16(23)20-19-15(22)13-4-5-14(17)24-13/h4-5,12H,2-3,6-11H2,1H3,(H,19,22)(H2,18,20,23). The fourth-order valence-electron chi connectivity index (χ4n) is 2.60. The van der Waals surface area contributed by atoms with Crippen LogP contribution in [0.2, 0.25) is 0 Å². The number of carbonyl (C=O) groups is 2. The molecule has 1 aromatic rings. The lowest BCUT2D eigenvalue weighted by molar-refractivity contribution is 0.0940. The molecule has 3 amide bonds. The molecule has 0 aliphatic carbocycles. The molecule has 24 heavy (non-hydrogen) atoms. The van der Waals surface area contributed by atoms with Crippen LogP contribution in [0.5, 0.6) is 0 Å². The predicted molar refractivity (Wildman–Crippen MR) is 100 cm³/mol. The maximum atomic E-state index is 11.8. The summed E-state index contributed by atoms with van der Waals surface area (Å²) in [6.07, 6.45) is 4.60. The van der Waals surface area contributed by atoms with Gasteiger partial charge in [-0.25, -0.2) is 10.2 Å². The quantitative estimate of drug-likeness (QED) is 0.492. The van der Waals surface area contributed by atoms with Gasteiger partial charge in [0.2, 0.25) is 0 Å². The third-order valence-electron chi connectivity index (χ3n) is 4.15. The Labute approximate surface area is 155 Å². The molecule has 3 N–H and O–H groups in total. The Morgan fingerprint density at radius 2 is 2.00 bits per heavy atom. The average molecular weight is 417 g/mol. The van der Waals surface area contributed by atoms with Crippen LogP contribution >= 0.6 is 27.3 Å². The molecule has 1 saturated heterocycles. The van der Waals surface area contributed by atoms with Gasteiger partial charge in [0.15, 0.2) is 0 Å². The molecule has 2 rings (SSSR count). The number of urea groups is 1. The zero-order chi connectivity index (χ0) is 17.4. The highest BCUT2D eigenvalue weighted by molar-refractivity contribution is 9.11. The first-order valence-electron chi connectivity index (χ1n) is 8.36. The summed E-state index contributed by atoms with van der Waals surface area (Å²) in [6, 6.07) is 3.11. The van der Waals surface area contributed by atoms with E-state index in [9.17, 15) is 9.59 Å². The van der Waals surface area contributed by atoms with Crippen LogP contribution in [0.4, 0.5) is 4.79 Å². The Morgan fingerprint density at radius 3 is 2.67 bits per heavy atom. The molecule has 8 heteroatoms. The molecule has 6 nitrogen and oxygen atoms in total. The fraction of sp³-hybridized carbons (Fsp3) is 0.625. The van der Waals surface area contributed by atoms with Crippen molar-refractivity contribution in [2.75, 3.05) is 26.2 Å². The van der Waals surface area contributed by atoms with Crippen molar-refractivity contribution < 1.29 is 9.59 Å². The predicted octanol–water partition coefficient (Wildman–Crippen LogP) is 2.97. The topological polar surface area (TPSA) is 73.5 Å². The molecule has 1 aliphatic heterocycles. The lowest BCUT2D eigenvalue weighted by Gasteiger charge is -2.30. The number of hydrazine groups is 1. The van der Waals surface area contributed by atoms with Crippen LogP contribution in [0.1, 0.15) is 42.3 Å². The van der Waals surface area contributed by atoms with Gasteiger partial charge in [0, 0.05) is 6.54 Å². The average Bonchev–Trinajstić information content (AvgIpc) is 3.00. The maximum Gasteiger partial charge on any atom is 0.333 e. The van der Waals surface area contributed by atoms with E-state index in [-0.39, 0.29) is 11.9 Å². The highest BCUT2D eigenvalue weighted by Gasteiger charge is 2.14. The number of nitrogens with one attached hydrogen (secondary N) is 3. The number of unbranched alkanes of at least 4 members (excludes halogenated alkanes) is 1. The van der Waals surface area contributed by atoms with Crippen molar-refractivity contribution in [2.45, 2.75) is 32.6 Å². The van der Waals surface area contributed by atoms with Crippen LogP contribution in [0.15, 0.2) is 15.9 Å². The second-order valence-electron chi connectivity index (χ2n) is 6.17. The van der Waals surface area contributed by atoms with Gasteiger partial charge in [-0.3, -0.25) is 10.2 Å². The van der Waals surface area contributed by atoms with Crippen LogP contribution in [-0.4, -0.2) is 43.0 Å². The zero-order valence-corrected chi connectivity index (χ0v) is 16.3. The summed E-state index contributed by atoms with van der Waals surface area (Å²) in [7, 11) is 0. The van der Waals surface area contributed by atoms with E-state index >= 15 is 0 Å². The van der Waals surface area contributed by atoms with E-state index in [1.165, 1.54) is 37.3 Å². The van der Waals surface area contributed by atoms with Gasteiger partial charge < -0.3 is 10.2 Å².